The number of carbonyl (C=O) groups is 1. The molecule has 0 saturated heterocycles. The first-order valence-corrected chi connectivity index (χ1v) is 12.8. The van der Waals surface area contributed by atoms with Crippen LogP contribution in [0.3, 0.4) is 0 Å². The number of ether oxygens (including phenoxy) is 2. The molecule has 3 aromatic rings. The molecule has 0 bridgehead atoms. The molecule has 2 heterocycles. The summed E-state index contributed by atoms with van der Waals surface area (Å²) < 4.78 is 106. The molecule has 0 spiro atoms. The van der Waals surface area contributed by atoms with Gasteiger partial charge >= 0.3 is 23.8 Å². The number of benzene rings is 1. The maximum absolute atomic E-state index is 13.4. The van der Waals surface area contributed by atoms with Crippen molar-refractivity contribution in [2.75, 3.05) is 11.4 Å². The van der Waals surface area contributed by atoms with E-state index in [2.05, 4.69) is 24.4 Å². The van der Waals surface area contributed by atoms with Crippen molar-refractivity contribution in [1.29, 1.82) is 0 Å². The average Bonchev–Trinajstić information content (AvgIpc) is 3.34. The molecule has 3 rings (SSSR count). The highest BCUT2D eigenvalue weighted by molar-refractivity contribution is 6.20. The number of hydrogen-bond donors (Lipinski definition) is 0. The molecule has 8 nitrogen and oxygen atoms in total. The number of pyridine rings is 1. The normalized spacial score (nSPS) is 12.7. The van der Waals surface area contributed by atoms with E-state index in [9.17, 15) is 35.5 Å². The standard InChI is InChI=1S/C26H26ClF7N4O4/c1-23(2,25(30,31)32)41-22(39)38(14-6-4-5-7-19-36-21(42-37-19)24(3,28)29)20-15-17(12-13-35-20)16-8-10-18(11-9-16)40-26(27,33)34/h8-13,15H,4-7,14H2,1-3H3. The van der Waals surface area contributed by atoms with E-state index in [1.165, 1.54) is 42.6 Å². The number of hydrogen-bond acceptors (Lipinski definition) is 7. The van der Waals surface area contributed by atoms with Crippen LogP contribution in [0, 0.1) is 0 Å². The Bertz CT molecular complexity index is 1340. The summed E-state index contributed by atoms with van der Waals surface area (Å²) in [7, 11) is 0. The minimum atomic E-state index is -4.86. The molecule has 16 heteroatoms. The van der Waals surface area contributed by atoms with Crippen LogP contribution < -0.4 is 9.64 Å². The Labute approximate surface area is 240 Å². The van der Waals surface area contributed by atoms with Crippen molar-refractivity contribution >= 4 is 23.5 Å². The van der Waals surface area contributed by atoms with Crippen LogP contribution >= 0.6 is 11.6 Å². The Morgan fingerprint density at radius 3 is 2.19 bits per heavy atom. The zero-order valence-corrected chi connectivity index (χ0v) is 23.3. The fraction of sp³-hybridized carbons (Fsp3) is 0.462. The summed E-state index contributed by atoms with van der Waals surface area (Å²) in [5.74, 6) is -4.28. The van der Waals surface area contributed by atoms with Gasteiger partial charge in [-0.15, -0.1) is 8.78 Å². The Hall–Kier alpha value is -3.62. The molecule has 1 aromatic carbocycles. The highest BCUT2D eigenvalue weighted by atomic mass is 35.5. The molecule has 0 N–H and O–H groups in total. The number of alkyl halides is 8. The van der Waals surface area contributed by atoms with E-state index >= 15 is 0 Å². The third kappa shape index (κ3) is 9.19. The Balaban J connectivity index is 1.75. The van der Waals surface area contributed by atoms with Gasteiger partial charge in [0.25, 0.3) is 5.89 Å². The number of amides is 1. The second-order valence-electron chi connectivity index (χ2n) is 9.72. The van der Waals surface area contributed by atoms with Gasteiger partial charge in [-0.3, -0.25) is 4.90 Å². The lowest BCUT2D eigenvalue weighted by atomic mass is 10.1. The van der Waals surface area contributed by atoms with Crippen molar-refractivity contribution in [2.24, 2.45) is 0 Å². The molecule has 0 aliphatic rings. The number of unbranched alkanes of at least 4 members (excludes halogenated alkanes) is 2. The van der Waals surface area contributed by atoms with Gasteiger partial charge in [0.15, 0.2) is 5.82 Å². The Morgan fingerprint density at radius 2 is 1.62 bits per heavy atom. The van der Waals surface area contributed by atoms with Crippen LogP contribution in [0.2, 0.25) is 0 Å². The Morgan fingerprint density at radius 1 is 0.952 bits per heavy atom. The third-order valence-electron chi connectivity index (χ3n) is 5.81. The minimum absolute atomic E-state index is 0.0314. The number of aryl methyl sites for hydroxylation is 1. The molecular formula is C26H26ClF7N4O4. The number of carbonyl (C=O) groups excluding carboxylic acids is 1. The van der Waals surface area contributed by atoms with E-state index in [4.69, 9.17) is 16.3 Å². The number of anilines is 1. The first kappa shape index (κ1) is 32.9. The smallest absolute Gasteiger partial charge is 0.433 e. The molecule has 0 aliphatic heterocycles. The van der Waals surface area contributed by atoms with Crippen molar-refractivity contribution in [3.8, 4) is 16.9 Å². The molecule has 0 radical (unpaired) electrons. The molecular weight excluding hydrogens is 601 g/mol. The number of rotatable bonds is 12. The summed E-state index contributed by atoms with van der Waals surface area (Å²) in [5.41, 5.74) is -5.77. The van der Waals surface area contributed by atoms with Gasteiger partial charge in [0.1, 0.15) is 11.6 Å². The quantitative estimate of drug-likeness (QED) is 0.114. The van der Waals surface area contributed by atoms with Gasteiger partial charge in [0, 0.05) is 37.7 Å². The molecule has 0 atom stereocenters. The minimum Gasteiger partial charge on any atom is -0.433 e. The predicted molar refractivity (Wildman–Crippen MR) is 136 cm³/mol. The zero-order valence-electron chi connectivity index (χ0n) is 22.5. The van der Waals surface area contributed by atoms with Crippen LogP contribution in [0.1, 0.15) is 51.7 Å². The second kappa shape index (κ2) is 12.7. The van der Waals surface area contributed by atoms with Crippen LogP contribution in [0.4, 0.5) is 41.3 Å². The second-order valence-corrected chi connectivity index (χ2v) is 10.2. The lowest BCUT2D eigenvalue weighted by Crippen LogP contribution is -2.47. The van der Waals surface area contributed by atoms with E-state index in [0.29, 0.717) is 44.7 Å². The molecule has 230 valence electrons. The van der Waals surface area contributed by atoms with Gasteiger partial charge in [-0.2, -0.15) is 26.9 Å². The van der Waals surface area contributed by atoms with Crippen molar-refractivity contribution in [3.63, 3.8) is 0 Å². The summed E-state index contributed by atoms with van der Waals surface area (Å²) >= 11 is 4.77. The summed E-state index contributed by atoms with van der Waals surface area (Å²) in [6, 6.07) is 8.29. The average molecular weight is 627 g/mol. The van der Waals surface area contributed by atoms with E-state index < -0.39 is 35.3 Å². The topological polar surface area (TPSA) is 90.6 Å². The van der Waals surface area contributed by atoms with Crippen molar-refractivity contribution in [1.82, 2.24) is 15.1 Å². The van der Waals surface area contributed by atoms with Crippen LogP contribution in [0.5, 0.6) is 5.75 Å². The lowest BCUT2D eigenvalue weighted by Gasteiger charge is -2.31. The highest BCUT2D eigenvalue weighted by Crippen LogP contribution is 2.34. The number of nitrogens with zero attached hydrogens (tertiary/aromatic N) is 4. The van der Waals surface area contributed by atoms with E-state index in [1.54, 1.807) is 0 Å². The molecule has 0 unspecified atom stereocenters. The molecule has 0 aliphatic carbocycles. The van der Waals surface area contributed by atoms with Gasteiger partial charge in [-0.25, -0.2) is 9.78 Å². The van der Waals surface area contributed by atoms with Gasteiger partial charge in [-0.05, 0) is 62.1 Å². The monoisotopic (exact) mass is 626 g/mol. The summed E-state index contributed by atoms with van der Waals surface area (Å²) in [5, 5.41) is 3.50. The lowest BCUT2D eigenvalue weighted by molar-refractivity contribution is -0.243. The van der Waals surface area contributed by atoms with Crippen LogP contribution in [0.25, 0.3) is 11.1 Å². The summed E-state index contributed by atoms with van der Waals surface area (Å²) in [6.07, 6.45) is -3.59. The molecule has 2 aromatic heterocycles. The molecule has 0 fully saturated rings. The largest absolute Gasteiger partial charge is 0.487 e. The maximum Gasteiger partial charge on any atom is 0.487 e. The SMILES string of the molecule is CC(F)(F)c1nc(CCCCCN(C(=O)OC(C)(C)C(F)(F)F)c2cc(-c3ccc(OC(F)(F)Cl)cc3)ccn2)no1. The van der Waals surface area contributed by atoms with Gasteiger partial charge < -0.3 is 14.0 Å². The van der Waals surface area contributed by atoms with E-state index in [0.717, 1.165) is 4.90 Å². The van der Waals surface area contributed by atoms with Crippen LogP contribution in [0.15, 0.2) is 47.1 Å². The van der Waals surface area contributed by atoms with Crippen molar-refractivity contribution in [3.05, 3.63) is 54.3 Å². The fourth-order valence-corrected chi connectivity index (χ4v) is 3.58. The van der Waals surface area contributed by atoms with Gasteiger partial charge in [-0.1, -0.05) is 23.7 Å². The fourth-order valence-electron chi connectivity index (χ4n) is 3.49. The van der Waals surface area contributed by atoms with Gasteiger partial charge in [0.05, 0.1) is 0 Å². The maximum atomic E-state index is 13.4. The summed E-state index contributed by atoms with van der Waals surface area (Å²) in [6.45, 7) is 1.93. The Kier molecular flexibility index (Phi) is 9.96. The van der Waals surface area contributed by atoms with Crippen LogP contribution in [-0.4, -0.2) is 45.1 Å². The van der Waals surface area contributed by atoms with Gasteiger partial charge in [0.2, 0.25) is 5.60 Å². The van der Waals surface area contributed by atoms with E-state index in [1.807, 2.05) is 0 Å². The van der Waals surface area contributed by atoms with Crippen molar-refractivity contribution in [2.45, 2.75) is 69.7 Å². The first-order valence-electron chi connectivity index (χ1n) is 12.5. The highest BCUT2D eigenvalue weighted by Gasteiger charge is 2.51. The zero-order chi connectivity index (χ0) is 31.3. The molecule has 42 heavy (non-hydrogen) atoms. The first-order chi connectivity index (χ1) is 19.4. The van der Waals surface area contributed by atoms with Crippen LogP contribution in [-0.2, 0) is 17.1 Å². The number of aromatic nitrogens is 3. The predicted octanol–water partition coefficient (Wildman–Crippen LogP) is 8.11. The van der Waals surface area contributed by atoms with E-state index in [-0.39, 0.29) is 36.8 Å². The van der Waals surface area contributed by atoms with Crippen molar-refractivity contribution < 1.29 is 49.5 Å². The molecule has 0 saturated carbocycles. The number of halogens is 8. The molecule has 1 amide bonds. The summed E-state index contributed by atoms with van der Waals surface area (Å²) in [4.78, 5) is 21.7. The third-order valence-corrected chi connectivity index (χ3v) is 5.89.